The van der Waals surface area contributed by atoms with Crippen molar-refractivity contribution in [1.29, 1.82) is 0 Å². The molecule has 0 heterocycles. The molecule has 92 valence electrons. The van der Waals surface area contributed by atoms with E-state index in [1.807, 2.05) is 0 Å². The highest BCUT2D eigenvalue weighted by molar-refractivity contribution is 5.79. The number of hydrogen-bond acceptors (Lipinski definition) is 2. The van der Waals surface area contributed by atoms with Gasteiger partial charge < -0.3 is 4.90 Å². The van der Waals surface area contributed by atoms with Crippen molar-refractivity contribution < 1.29 is 4.79 Å². The monoisotopic (exact) mass is 223 g/mol. The maximum absolute atomic E-state index is 11.4. The van der Waals surface area contributed by atoms with Crippen LogP contribution in [0.15, 0.2) is 0 Å². The molecule has 0 aromatic carbocycles. The lowest BCUT2D eigenvalue weighted by molar-refractivity contribution is -0.123. The molecule has 2 fully saturated rings. The van der Waals surface area contributed by atoms with Crippen molar-refractivity contribution in [3.05, 3.63) is 0 Å². The summed E-state index contributed by atoms with van der Waals surface area (Å²) in [6.45, 7) is 1.19. The zero-order chi connectivity index (χ0) is 11.6. The van der Waals surface area contributed by atoms with Crippen LogP contribution in [0.2, 0.25) is 0 Å². The van der Waals surface area contributed by atoms with Crippen molar-refractivity contribution in [3.63, 3.8) is 0 Å². The third-order valence-electron chi connectivity index (χ3n) is 4.66. The standard InChI is InChI=1S/C14H25NO/c1-15(2)11-14(12-5-3-4-6-12)9-7-13(16)8-10-14/h12H,3-11H2,1-2H3. The number of ketones is 1. The number of carbonyl (C=O) groups is 1. The van der Waals surface area contributed by atoms with Gasteiger partial charge in [-0.15, -0.1) is 0 Å². The summed E-state index contributed by atoms with van der Waals surface area (Å²) in [4.78, 5) is 13.8. The molecule has 2 nitrogen and oxygen atoms in total. The Balaban J connectivity index is 2.08. The highest BCUT2D eigenvalue weighted by Gasteiger charge is 2.42. The first kappa shape index (κ1) is 12.1. The number of nitrogens with zero attached hydrogens (tertiary/aromatic N) is 1. The van der Waals surface area contributed by atoms with Crippen LogP contribution in [-0.4, -0.2) is 31.3 Å². The second-order valence-corrected chi connectivity index (χ2v) is 6.12. The van der Waals surface area contributed by atoms with Crippen molar-refractivity contribution in [3.8, 4) is 0 Å². The highest BCUT2D eigenvalue weighted by atomic mass is 16.1. The average Bonchev–Trinajstić information content (AvgIpc) is 2.75. The molecule has 0 radical (unpaired) electrons. The summed E-state index contributed by atoms with van der Waals surface area (Å²) in [5.74, 6) is 1.38. The third-order valence-corrected chi connectivity index (χ3v) is 4.66. The number of carbonyl (C=O) groups excluding carboxylic acids is 1. The molecular weight excluding hydrogens is 198 g/mol. The molecule has 0 amide bonds. The number of hydrogen-bond donors (Lipinski definition) is 0. The van der Waals surface area contributed by atoms with Gasteiger partial charge in [-0.3, -0.25) is 4.79 Å². The van der Waals surface area contributed by atoms with Crippen LogP contribution in [0, 0.1) is 11.3 Å². The molecule has 0 unspecified atom stereocenters. The Morgan fingerprint density at radius 2 is 1.75 bits per heavy atom. The second kappa shape index (κ2) is 4.87. The van der Waals surface area contributed by atoms with Gasteiger partial charge in [0.05, 0.1) is 0 Å². The first-order valence-electron chi connectivity index (χ1n) is 6.79. The largest absolute Gasteiger partial charge is 0.309 e. The molecule has 2 aliphatic carbocycles. The zero-order valence-electron chi connectivity index (χ0n) is 10.8. The van der Waals surface area contributed by atoms with Gasteiger partial charge in [0.15, 0.2) is 0 Å². The molecule has 0 spiro atoms. The summed E-state index contributed by atoms with van der Waals surface area (Å²) in [5.41, 5.74) is 0.466. The van der Waals surface area contributed by atoms with Crippen LogP contribution >= 0.6 is 0 Å². The predicted molar refractivity (Wildman–Crippen MR) is 66.4 cm³/mol. The van der Waals surface area contributed by atoms with E-state index in [1.54, 1.807) is 0 Å². The quantitative estimate of drug-likeness (QED) is 0.733. The summed E-state index contributed by atoms with van der Waals surface area (Å²) in [5, 5.41) is 0. The van der Waals surface area contributed by atoms with Crippen molar-refractivity contribution in [2.24, 2.45) is 11.3 Å². The lowest BCUT2D eigenvalue weighted by atomic mass is 9.64. The molecular formula is C14H25NO. The number of rotatable bonds is 3. The van der Waals surface area contributed by atoms with Crippen molar-refractivity contribution >= 4 is 5.78 Å². The Labute approximate surface area is 99.4 Å². The van der Waals surface area contributed by atoms with E-state index in [2.05, 4.69) is 19.0 Å². The van der Waals surface area contributed by atoms with Crippen molar-refractivity contribution in [1.82, 2.24) is 4.90 Å². The van der Waals surface area contributed by atoms with Crippen molar-refractivity contribution in [2.75, 3.05) is 20.6 Å². The van der Waals surface area contributed by atoms with E-state index >= 15 is 0 Å². The summed E-state index contributed by atoms with van der Waals surface area (Å²) >= 11 is 0. The van der Waals surface area contributed by atoms with Gasteiger partial charge >= 0.3 is 0 Å². The highest BCUT2D eigenvalue weighted by Crippen LogP contribution is 2.48. The molecule has 2 heteroatoms. The normalized spacial score (nSPS) is 26.6. The lowest BCUT2D eigenvalue weighted by Gasteiger charge is -2.43. The topological polar surface area (TPSA) is 20.3 Å². The zero-order valence-corrected chi connectivity index (χ0v) is 10.8. The van der Waals surface area contributed by atoms with Gasteiger partial charge in [0.25, 0.3) is 0 Å². The van der Waals surface area contributed by atoms with Gasteiger partial charge in [0.1, 0.15) is 5.78 Å². The van der Waals surface area contributed by atoms with Crippen molar-refractivity contribution in [2.45, 2.75) is 51.4 Å². The predicted octanol–water partition coefficient (Wildman–Crippen LogP) is 2.87. The fourth-order valence-electron chi connectivity index (χ4n) is 3.89. The van der Waals surface area contributed by atoms with Crippen LogP contribution in [-0.2, 0) is 4.79 Å². The minimum atomic E-state index is 0.466. The molecule has 16 heavy (non-hydrogen) atoms. The van der Waals surface area contributed by atoms with Crippen LogP contribution in [0.3, 0.4) is 0 Å². The van der Waals surface area contributed by atoms with E-state index in [1.165, 1.54) is 32.2 Å². The van der Waals surface area contributed by atoms with Gasteiger partial charge in [-0.25, -0.2) is 0 Å². The Hall–Kier alpha value is -0.370. The Morgan fingerprint density at radius 3 is 2.25 bits per heavy atom. The minimum absolute atomic E-state index is 0.466. The van der Waals surface area contributed by atoms with E-state index in [0.717, 1.165) is 31.6 Å². The van der Waals surface area contributed by atoms with Gasteiger partial charge in [-0.2, -0.15) is 0 Å². The SMILES string of the molecule is CN(C)CC1(C2CCCC2)CCC(=O)CC1. The van der Waals surface area contributed by atoms with Gasteiger partial charge in [-0.05, 0) is 51.1 Å². The van der Waals surface area contributed by atoms with E-state index in [4.69, 9.17) is 0 Å². The van der Waals surface area contributed by atoms with Crippen LogP contribution < -0.4 is 0 Å². The fraction of sp³-hybridized carbons (Fsp3) is 0.929. The van der Waals surface area contributed by atoms with E-state index < -0.39 is 0 Å². The number of Topliss-reactive ketones (excluding diaryl/α,β-unsaturated/α-hetero) is 1. The van der Waals surface area contributed by atoms with E-state index in [-0.39, 0.29) is 0 Å². The lowest BCUT2D eigenvalue weighted by Crippen LogP contribution is -2.42. The van der Waals surface area contributed by atoms with Crippen LogP contribution in [0.5, 0.6) is 0 Å². The average molecular weight is 223 g/mol. The van der Waals surface area contributed by atoms with Crippen LogP contribution in [0.25, 0.3) is 0 Å². The molecule has 2 aliphatic rings. The second-order valence-electron chi connectivity index (χ2n) is 6.12. The molecule has 0 aromatic rings. The molecule has 0 saturated heterocycles. The Kier molecular flexibility index (Phi) is 3.68. The molecule has 0 aliphatic heterocycles. The summed E-state index contributed by atoms with van der Waals surface area (Å²) < 4.78 is 0. The molecule has 0 aromatic heterocycles. The molecule has 2 rings (SSSR count). The molecule has 0 N–H and O–H groups in total. The summed E-state index contributed by atoms with van der Waals surface area (Å²) in [7, 11) is 4.35. The summed E-state index contributed by atoms with van der Waals surface area (Å²) in [6, 6.07) is 0. The molecule has 0 bridgehead atoms. The van der Waals surface area contributed by atoms with Crippen LogP contribution in [0.1, 0.15) is 51.4 Å². The first-order valence-corrected chi connectivity index (χ1v) is 6.79. The summed E-state index contributed by atoms with van der Waals surface area (Å²) in [6.07, 6.45) is 9.60. The van der Waals surface area contributed by atoms with Gasteiger partial charge in [-0.1, -0.05) is 12.8 Å². The van der Waals surface area contributed by atoms with E-state index in [9.17, 15) is 4.79 Å². The van der Waals surface area contributed by atoms with E-state index in [0.29, 0.717) is 11.2 Å². The Bertz CT molecular complexity index is 243. The third kappa shape index (κ3) is 2.48. The van der Waals surface area contributed by atoms with Gasteiger partial charge in [0.2, 0.25) is 0 Å². The Morgan fingerprint density at radius 1 is 1.19 bits per heavy atom. The van der Waals surface area contributed by atoms with Gasteiger partial charge in [0, 0.05) is 19.4 Å². The maximum Gasteiger partial charge on any atom is 0.132 e. The minimum Gasteiger partial charge on any atom is -0.309 e. The fourth-order valence-corrected chi connectivity index (χ4v) is 3.89. The van der Waals surface area contributed by atoms with Crippen LogP contribution in [0.4, 0.5) is 0 Å². The molecule has 2 saturated carbocycles. The smallest absolute Gasteiger partial charge is 0.132 e. The molecule has 0 atom stereocenters. The maximum atomic E-state index is 11.4. The first-order chi connectivity index (χ1) is 7.62.